The van der Waals surface area contributed by atoms with E-state index in [0.29, 0.717) is 50.6 Å². The number of benzene rings is 1. The summed E-state index contributed by atoms with van der Waals surface area (Å²) in [4.78, 5) is 28.0. The molecule has 4 fully saturated rings. The van der Waals surface area contributed by atoms with Gasteiger partial charge in [-0.2, -0.15) is 17.4 Å². The largest absolute Gasteiger partial charge is 0.451 e. The summed E-state index contributed by atoms with van der Waals surface area (Å²) in [6.45, 7) is 11.0. The highest BCUT2D eigenvalue weighted by atomic mass is 32.2. The lowest BCUT2D eigenvalue weighted by Gasteiger charge is -2.55. The zero-order valence-electron chi connectivity index (χ0n) is 27.4. The first kappa shape index (κ1) is 33.9. The fourth-order valence-corrected chi connectivity index (χ4v) is 8.50. The van der Waals surface area contributed by atoms with E-state index in [-0.39, 0.29) is 41.3 Å². The molecule has 2 N–H and O–H groups in total. The number of anilines is 1. The van der Waals surface area contributed by atoms with Crippen LogP contribution in [0.1, 0.15) is 63.2 Å². The lowest BCUT2D eigenvalue weighted by atomic mass is 9.72. The Hall–Kier alpha value is -2.95. The second kappa shape index (κ2) is 13.5. The van der Waals surface area contributed by atoms with Gasteiger partial charge in [0.25, 0.3) is 16.1 Å². The number of aliphatic hydroxyl groups is 1. The van der Waals surface area contributed by atoms with Crippen LogP contribution in [0, 0.1) is 11.2 Å². The molecule has 0 bridgehead atoms. The number of carbonyl (C=O) groups is 1. The number of carbonyl (C=O) groups excluding carboxylic acids is 1. The highest BCUT2D eigenvalue weighted by Crippen LogP contribution is 2.45. The van der Waals surface area contributed by atoms with Crippen molar-refractivity contribution in [2.24, 2.45) is 5.41 Å². The van der Waals surface area contributed by atoms with Crippen LogP contribution in [0.25, 0.3) is 0 Å². The fourth-order valence-electron chi connectivity index (χ4n) is 7.00. The summed E-state index contributed by atoms with van der Waals surface area (Å²) in [5.74, 6) is -0.854. The molecule has 2 aromatic rings. The van der Waals surface area contributed by atoms with Gasteiger partial charge in [0.1, 0.15) is 17.9 Å². The SMILES string of the molecule is CCN(C(=O)c1cc(F)ccc1Oc1cncnc1N1CC2(CCN(C[C@@]3(O)CC[C@@H](NS(=O)(=O)N4CCC4)CO3)CC2)C1)C(C)C. The van der Waals surface area contributed by atoms with Crippen molar-refractivity contribution < 1.29 is 32.2 Å². The number of amides is 1. The van der Waals surface area contributed by atoms with E-state index in [4.69, 9.17) is 9.47 Å². The Morgan fingerprint density at radius 3 is 2.55 bits per heavy atom. The van der Waals surface area contributed by atoms with Crippen molar-refractivity contribution >= 4 is 21.9 Å². The zero-order chi connectivity index (χ0) is 33.4. The van der Waals surface area contributed by atoms with Gasteiger partial charge in [0.15, 0.2) is 17.4 Å². The third-order valence-corrected chi connectivity index (χ3v) is 11.6. The molecule has 0 radical (unpaired) electrons. The number of ether oxygens (including phenoxy) is 2. The maximum atomic E-state index is 14.3. The van der Waals surface area contributed by atoms with E-state index in [2.05, 4.69) is 24.5 Å². The van der Waals surface area contributed by atoms with Crippen LogP contribution in [0.5, 0.6) is 11.5 Å². The smallest absolute Gasteiger partial charge is 0.279 e. The lowest BCUT2D eigenvalue weighted by Crippen LogP contribution is -2.62. The van der Waals surface area contributed by atoms with Gasteiger partial charge in [-0.25, -0.2) is 14.4 Å². The molecule has 2 atom stereocenters. The number of halogens is 1. The van der Waals surface area contributed by atoms with E-state index < -0.39 is 21.8 Å². The van der Waals surface area contributed by atoms with Crippen LogP contribution < -0.4 is 14.4 Å². The Morgan fingerprint density at radius 2 is 1.94 bits per heavy atom. The molecule has 4 saturated heterocycles. The van der Waals surface area contributed by atoms with E-state index in [1.165, 1.54) is 28.8 Å². The molecular weight excluding hydrogens is 629 g/mol. The Labute approximate surface area is 276 Å². The van der Waals surface area contributed by atoms with Crippen molar-refractivity contribution in [2.75, 3.05) is 63.9 Å². The van der Waals surface area contributed by atoms with Crippen molar-refractivity contribution in [1.82, 2.24) is 28.8 Å². The molecule has 4 aliphatic rings. The van der Waals surface area contributed by atoms with Gasteiger partial charge in [0, 0.05) is 56.6 Å². The molecule has 1 amide bonds. The van der Waals surface area contributed by atoms with Crippen molar-refractivity contribution in [3.05, 3.63) is 42.1 Å². The molecule has 0 aliphatic carbocycles. The first-order valence-electron chi connectivity index (χ1n) is 16.6. The van der Waals surface area contributed by atoms with Crippen LogP contribution >= 0.6 is 0 Å². The minimum atomic E-state index is -3.49. The Bertz CT molecular complexity index is 1530. The Morgan fingerprint density at radius 1 is 1.19 bits per heavy atom. The molecule has 47 heavy (non-hydrogen) atoms. The maximum absolute atomic E-state index is 14.3. The van der Waals surface area contributed by atoms with E-state index >= 15 is 0 Å². The van der Waals surface area contributed by atoms with Gasteiger partial charge in [-0.1, -0.05) is 0 Å². The third kappa shape index (κ3) is 7.39. The second-order valence-corrected chi connectivity index (χ2v) is 15.3. The van der Waals surface area contributed by atoms with Crippen LogP contribution in [-0.4, -0.2) is 120 Å². The van der Waals surface area contributed by atoms with Gasteiger partial charge >= 0.3 is 0 Å². The number of aromatic nitrogens is 2. The molecule has 13 nitrogen and oxygen atoms in total. The quantitative estimate of drug-likeness (QED) is 0.365. The number of hydrogen-bond acceptors (Lipinski definition) is 10. The maximum Gasteiger partial charge on any atom is 0.279 e. The summed E-state index contributed by atoms with van der Waals surface area (Å²) in [7, 11) is -3.49. The van der Waals surface area contributed by atoms with Crippen LogP contribution in [-0.2, 0) is 14.9 Å². The van der Waals surface area contributed by atoms with Gasteiger partial charge in [-0.05, 0) is 77.7 Å². The highest BCUT2D eigenvalue weighted by molar-refractivity contribution is 7.87. The van der Waals surface area contributed by atoms with Gasteiger partial charge in [-0.15, -0.1) is 0 Å². The fraction of sp³-hybridized carbons (Fsp3) is 0.656. The van der Waals surface area contributed by atoms with Crippen LogP contribution in [0.2, 0.25) is 0 Å². The van der Waals surface area contributed by atoms with Gasteiger partial charge in [-0.3, -0.25) is 9.69 Å². The number of nitrogens with one attached hydrogen (secondary N) is 1. The molecule has 258 valence electrons. The predicted octanol–water partition coefficient (Wildman–Crippen LogP) is 2.59. The van der Waals surface area contributed by atoms with Crippen molar-refractivity contribution in [1.29, 1.82) is 0 Å². The molecule has 0 saturated carbocycles. The monoisotopic (exact) mass is 675 g/mol. The molecule has 1 spiro atoms. The van der Waals surface area contributed by atoms with E-state index in [1.807, 2.05) is 20.8 Å². The number of likely N-dealkylation sites (tertiary alicyclic amines) is 1. The normalized spacial score (nSPS) is 25.0. The topological polar surface area (TPSA) is 141 Å². The number of rotatable bonds is 11. The Balaban J connectivity index is 1.02. The summed E-state index contributed by atoms with van der Waals surface area (Å²) in [6, 6.07) is 3.55. The molecule has 1 aromatic heterocycles. The Kier molecular flexibility index (Phi) is 9.76. The zero-order valence-corrected chi connectivity index (χ0v) is 28.2. The lowest BCUT2D eigenvalue weighted by molar-refractivity contribution is -0.239. The van der Waals surface area contributed by atoms with E-state index in [9.17, 15) is 22.7 Å². The minimum absolute atomic E-state index is 0.0587. The highest BCUT2D eigenvalue weighted by Gasteiger charge is 2.47. The van der Waals surface area contributed by atoms with E-state index in [1.54, 1.807) is 11.1 Å². The molecule has 4 aliphatic heterocycles. The van der Waals surface area contributed by atoms with Crippen LogP contribution in [0.15, 0.2) is 30.7 Å². The van der Waals surface area contributed by atoms with Crippen molar-refractivity contribution in [3.63, 3.8) is 0 Å². The number of piperidine rings is 1. The standard InChI is InChI=1S/C32H46FN7O6S/c1-4-40(23(2)3)30(41)26-16-24(33)6-7-27(26)46-28-17-34-22-35-29(28)38-19-31(20-38)10-14-37(15-11-31)21-32(42)9-8-25(18-45-32)36-47(43,44)39-12-5-13-39/h6-7,16-17,22-23,25,36,42H,4-5,8-15,18-21H2,1-3H3/t25-,32-/m1/s1. The first-order chi connectivity index (χ1) is 22.4. The molecule has 6 rings (SSSR count). The van der Waals surface area contributed by atoms with Crippen molar-refractivity contribution in [2.45, 2.75) is 70.7 Å². The van der Waals surface area contributed by atoms with Gasteiger partial charge in [0.05, 0.1) is 24.9 Å². The molecule has 5 heterocycles. The van der Waals surface area contributed by atoms with E-state index in [0.717, 1.165) is 45.4 Å². The average molecular weight is 676 g/mol. The molecular formula is C32H46FN7O6S. The predicted molar refractivity (Wildman–Crippen MR) is 173 cm³/mol. The second-order valence-electron chi connectivity index (χ2n) is 13.6. The molecule has 0 unspecified atom stereocenters. The minimum Gasteiger partial charge on any atom is -0.451 e. The third-order valence-electron chi connectivity index (χ3n) is 9.92. The van der Waals surface area contributed by atoms with Gasteiger partial charge < -0.3 is 24.4 Å². The molecule has 1 aromatic carbocycles. The van der Waals surface area contributed by atoms with Crippen LogP contribution in [0.3, 0.4) is 0 Å². The van der Waals surface area contributed by atoms with Crippen molar-refractivity contribution in [3.8, 4) is 11.5 Å². The number of nitrogens with zero attached hydrogens (tertiary/aromatic N) is 6. The first-order valence-corrected chi connectivity index (χ1v) is 18.0. The number of β-amino-alcohol motifs (C(OH)–C–C–N with tert-alkyl or cyclic N) is 1. The van der Waals surface area contributed by atoms with Crippen LogP contribution in [0.4, 0.5) is 10.2 Å². The molecule has 15 heteroatoms. The summed E-state index contributed by atoms with van der Waals surface area (Å²) in [6.07, 6.45) is 6.68. The number of hydrogen-bond donors (Lipinski definition) is 2. The summed E-state index contributed by atoms with van der Waals surface area (Å²) in [5, 5.41) is 11.2. The summed E-state index contributed by atoms with van der Waals surface area (Å²) in [5.41, 5.74) is 0.250. The average Bonchev–Trinajstić information content (AvgIpc) is 2.98. The van der Waals surface area contributed by atoms with Gasteiger partial charge in [0.2, 0.25) is 0 Å². The summed E-state index contributed by atoms with van der Waals surface area (Å²) >= 11 is 0. The summed E-state index contributed by atoms with van der Waals surface area (Å²) < 4.78 is 55.3.